The van der Waals surface area contributed by atoms with Crippen molar-refractivity contribution in [2.45, 2.75) is 43.0 Å². The molecular weight excluding hydrogens is 238 g/mol. The van der Waals surface area contributed by atoms with Gasteiger partial charge in [-0.2, -0.15) is 0 Å². The predicted octanol–water partition coefficient (Wildman–Crippen LogP) is -0.496. The zero-order valence-corrected chi connectivity index (χ0v) is 10.9. The summed E-state index contributed by atoms with van der Waals surface area (Å²) in [6.07, 6.45) is 4.09. The van der Waals surface area contributed by atoms with Crippen LogP contribution in [0.25, 0.3) is 0 Å². The Balaban J connectivity index is 1.66. The smallest absolute Gasteiger partial charge is 0.216 e. The van der Waals surface area contributed by atoms with Gasteiger partial charge in [0.1, 0.15) is 0 Å². The van der Waals surface area contributed by atoms with Crippen molar-refractivity contribution in [1.29, 1.82) is 0 Å². The van der Waals surface area contributed by atoms with Gasteiger partial charge in [-0.05, 0) is 38.8 Å². The Kier molecular flexibility index (Phi) is 3.15. The number of sulfonamides is 1. The van der Waals surface area contributed by atoms with Crippen LogP contribution in [-0.4, -0.2) is 56.8 Å². The van der Waals surface area contributed by atoms with E-state index in [1.165, 1.54) is 6.42 Å². The van der Waals surface area contributed by atoms with E-state index < -0.39 is 10.0 Å². The monoisotopic (exact) mass is 259 g/mol. The molecule has 0 aliphatic carbocycles. The van der Waals surface area contributed by atoms with Crippen LogP contribution in [0.1, 0.15) is 25.7 Å². The second kappa shape index (κ2) is 4.50. The van der Waals surface area contributed by atoms with Gasteiger partial charge in [-0.15, -0.1) is 0 Å². The van der Waals surface area contributed by atoms with E-state index >= 15 is 0 Å². The summed E-state index contributed by atoms with van der Waals surface area (Å²) >= 11 is 0. The maximum atomic E-state index is 12.2. The van der Waals surface area contributed by atoms with Crippen LogP contribution < -0.4 is 10.0 Å². The summed E-state index contributed by atoms with van der Waals surface area (Å²) in [5.41, 5.74) is 0. The second-order valence-electron chi connectivity index (χ2n) is 5.42. The Hall–Kier alpha value is -0.170. The first-order valence-electron chi connectivity index (χ1n) is 6.63. The minimum atomic E-state index is -3.12. The summed E-state index contributed by atoms with van der Waals surface area (Å²) in [6.45, 7) is 3.64. The quantitative estimate of drug-likeness (QED) is 0.718. The summed E-state index contributed by atoms with van der Waals surface area (Å²) in [5, 5.41) is 2.90. The van der Waals surface area contributed by atoms with Gasteiger partial charge in [-0.25, -0.2) is 13.1 Å². The molecule has 0 aromatic rings. The molecule has 0 aromatic carbocycles. The molecule has 2 N–H and O–H groups in total. The van der Waals surface area contributed by atoms with Gasteiger partial charge in [0.15, 0.2) is 0 Å². The topological polar surface area (TPSA) is 61.4 Å². The molecular formula is C11H21N3O2S. The predicted molar refractivity (Wildman–Crippen MR) is 66.3 cm³/mol. The lowest BCUT2D eigenvalue weighted by Gasteiger charge is -2.22. The van der Waals surface area contributed by atoms with Crippen LogP contribution in [0.5, 0.6) is 0 Å². The molecule has 5 nitrogen and oxygen atoms in total. The third kappa shape index (κ3) is 2.23. The van der Waals surface area contributed by atoms with Crippen molar-refractivity contribution in [2.24, 2.45) is 0 Å². The van der Waals surface area contributed by atoms with Crippen LogP contribution >= 0.6 is 0 Å². The molecule has 0 bridgehead atoms. The van der Waals surface area contributed by atoms with E-state index in [9.17, 15) is 8.42 Å². The molecule has 0 saturated carbocycles. The van der Waals surface area contributed by atoms with Gasteiger partial charge < -0.3 is 5.32 Å². The molecule has 3 saturated heterocycles. The third-order valence-corrected chi connectivity index (χ3v) is 6.29. The molecule has 3 atom stereocenters. The minimum absolute atomic E-state index is 0.156. The molecule has 0 aromatic heterocycles. The van der Waals surface area contributed by atoms with E-state index in [1.807, 2.05) is 0 Å². The second-order valence-corrected chi connectivity index (χ2v) is 7.41. The Morgan fingerprint density at radius 2 is 2.06 bits per heavy atom. The number of fused-ring (bicyclic) bond motifs is 1. The Labute approximate surface area is 103 Å². The van der Waals surface area contributed by atoms with Crippen molar-refractivity contribution in [3.05, 3.63) is 0 Å². The van der Waals surface area contributed by atoms with E-state index in [-0.39, 0.29) is 11.3 Å². The average Bonchev–Trinajstić information content (AvgIpc) is 2.93. The molecule has 0 amide bonds. The van der Waals surface area contributed by atoms with Crippen molar-refractivity contribution in [1.82, 2.24) is 14.9 Å². The van der Waals surface area contributed by atoms with E-state index in [0.717, 1.165) is 38.9 Å². The molecule has 3 unspecified atom stereocenters. The molecule has 3 fully saturated rings. The van der Waals surface area contributed by atoms with Crippen molar-refractivity contribution < 1.29 is 8.42 Å². The van der Waals surface area contributed by atoms with Crippen LogP contribution in [0, 0.1) is 0 Å². The van der Waals surface area contributed by atoms with Gasteiger partial charge in [0.25, 0.3) is 0 Å². The largest absolute Gasteiger partial charge is 0.315 e. The van der Waals surface area contributed by atoms with E-state index in [1.54, 1.807) is 0 Å². The fraction of sp³-hybridized carbons (Fsp3) is 1.00. The van der Waals surface area contributed by atoms with Gasteiger partial charge >= 0.3 is 0 Å². The fourth-order valence-electron chi connectivity index (χ4n) is 3.42. The molecule has 98 valence electrons. The lowest BCUT2D eigenvalue weighted by Crippen LogP contribution is -2.46. The standard InChI is InChI=1S/C11H21N3O2S/c15-17(16,9-3-5-12-8-9)13-10-4-7-14-6-1-2-11(10)14/h9-13H,1-8H2. The molecule has 3 heterocycles. The van der Waals surface area contributed by atoms with Crippen molar-refractivity contribution in [2.75, 3.05) is 26.2 Å². The first-order chi connectivity index (χ1) is 8.17. The zero-order chi connectivity index (χ0) is 11.9. The number of hydrogen-bond acceptors (Lipinski definition) is 4. The first-order valence-corrected chi connectivity index (χ1v) is 8.17. The summed E-state index contributed by atoms with van der Waals surface area (Å²) in [6, 6.07) is 0.613. The van der Waals surface area contributed by atoms with Gasteiger partial charge in [-0.1, -0.05) is 0 Å². The SMILES string of the molecule is O=S(=O)(NC1CCN2CCCC12)C1CCNC1. The van der Waals surface area contributed by atoms with Crippen molar-refractivity contribution in [3.63, 3.8) is 0 Å². The fourth-order valence-corrected chi connectivity index (χ4v) is 5.07. The van der Waals surface area contributed by atoms with Gasteiger partial charge in [0.2, 0.25) is 10.0 Å². The van der Waals surface area contributed by atoms with E-state index in [2.05, 4.69) is 14.9 Å². The Bertz CT molecular complexity index is 378. The number of nitrogens with one attached hydrogen (secondary N) is 2. The summed E-state index contributed by atoms with van der Waals surface area (Å²) in [7, 11) is -3.12. The highest BCUT2D eigenvalue weighted by Gasteiger charge is 2.40. The van der Waals surface area contributed by atoms with Gasteiger partial charge in [0, 0.05) is 25.2 Å². The van der Waals surface area contributed by atoms with Crippen LogP contribution in [0.2, 0.25) is 0 Å². The number of hydrogen-bond donors (Lipinski definition) is 2. The Morgan fingerprint density at radius 3 is 2.82 bits per heavy atom. The lowest BCUT2D eigenvalue weighted by molar-refractivity contribution is 0.308. The van der Waals surface area contributed by atoms with Crippen molar-refractivity contribution >= 4 is 10.0 Å². The highest BCUT2D eigenvalue weighted by molar-refractivity contribution is 7.90. The summed E-state index contributed by atoms with van der Waals surface area (Å²) in [5.74, 6) is 0. The van der Waals surface area contributed by atoms with Crippen LogP contribution in [-0.2, 0) is 10.0 Å². The first kappa shape index (κ1) is 11.9. The highest BCUT2D eigenvalue weighted by atomic mass is 32.2. The molecule has 3 rings (SSSR count). The zero-order valence-electron chi connectivity index (χ0n) is 10.1. The Morgan fingerprint density at radius 1 is 1.18 bits per heavy atom. The van der Waals surface area contributed by atoms with Gasteiger partial charge in [-0.3, -0.25) is 4.90 Å². The van der Waals surface area contributed by atoms with E-state index in [4.69, 9.17) is 0 Å². The molecule has 0 spiro atoms. The number of nitrogens with zero attached hydrogens (tertiary/aromatic N) is 1. The normalized spacial score (nSPS) is 38.7. The van der Waals surface area contributed by atoms with Crippen LogP contribution in [0.15, 0.2) is 0 Å². The summed E-state index contributed by atoms with van der Waals surface area (Å²) in [4.78, 5) is 2.43. The lowest BCUT2D eigenvalue weighted by atomic mass is 10.1. The minimum Gasteiger partial charge on any atom is -0.315 e. The van der Waals surface area contributed by atoms with Crippen LogP contribution in [0.4, 0.5) is 0 Å². The molecule has 3 aliphatic heterocycles. The average molecular weight is 259 g/mol. The maximum Gasteiger partial charge on any atom is 0.216 e. The van der Waals surface area contributed by atoms with E-state index in [0.29, 0.717) is 12.6 Å². The highest BCUT2D eigenvalue weighted by Crippen LogP contribution is 2.28. The third-order valence-electron chi connectivity index (χ3n) is 4.38. The van der Waals surface area contributed by atoms with Crippen molar-refractivity contribution in [3.8, 4) is 0 Å². The van der Waals surface area contributed by atoms with Crippen LogP contribution in [0.3, 0.4) is 0 Å². The maximum absolute atomic E-state index is 12.2. The van der Waals surface area contributed by atoms with Gasteiger partial charge in [0.05, 0.1) is 5.25 Å². The number of rotatable bonds is 3. The molecule has 3 aliphatic rings. The summed E-state index contributed by atoms with van der Waals surface area (Å²) < 4.78 is 27.4. The molecule has 17 heavy (non-hydrogen) atoms. The molecule has 0 radical (unpaired) electrons. The molecule has 6 heteroatoms.